The molecule has 0 aliphatic carbocycles. The average molecular weight is 231 g/mol. The van der Waals surface area contributed by atoms with Crippen LogP contribution < -0.4 is 0 Å². The van der Waals surface area contributed by atoms with Gasteiger partial charge < -0.3 is 0 Å². The highest BCUT2D eigenvalue weighted by molar-refractivity contribution is 7.84. The smallest absolute Gasteiger partial charge is 0.276 e. The van der Waals surface area contributed by atoms with E-state index in [4.69, 9.17) is 0 Å². The molecule has 8 heteroatoms. The second-order valence-electron chi connectivity index (χ2n) is 2.42. The molecular formula is C5H8F2NO3PS. The first-order valence-electron chi connectivity index (χ1n) is 3.42. The van der Waals surface area contributed by atoms with Crippen LogP contribution in [-0.2, 0) is 20.0 Å². The molecule has 0 bridgehead atoms. The minimum absolute atomic E-state index is 0.115. The third kappa shape index (κ3) is 2.43. The van der Waals surface area contributed by atoms with Crippen molar-refractivity contribution in [3.8, 4) is 0 Å². The van der Waals surface area contributed by atoms with Crippen molar-refractivity contribution in [2.75, 3.05) is 6.61 Å². The molecule has 0 aromatic rings. The summed E-state index contributed by atoms with van der Waals surface area (Å²) in [5.74, 6) is 0. The van der Waals surface area contributed by atoms with Crippen LogP contribution in [0.25, 0.3) is 0 Å². The van der Waals surface area contributed by atoms with Crippen molar-refractivity contribution in [2.24, 2.45) is 0 Å². The largest absolute Gasteiger partial charge is 0.496 e. The van der Waals surface area contributed by atoms with Crippen LogP contribution in [-0.4, -0.2) is 20.9 Å². The average Bonchev–Trinajstić information content (AvgIpc) is 2.31. The normalized spacial score (nSPS) is 30.6. The van der Waals surface area contributed by atoms with Gasteiger partial charge in [-0.1, -0.05) is 10.2 Å². The maximum absolute atomic E-state index is 12.4. The van der Waals surface area contributed by atoms with Gasteiger partial charge in [-0.05, 0) is 6.42 Å². The Hall–Kier alpha value is -0.100. The molecule has 0 aromatic carbocycles. The van der Waals surface area contributed by atoms with Crippen molar-refractivity contribution in [1.82, 2.24) is 4.08 Å². The van der Waals surface area contributed by atoms with Crippen LogP contribution in [0.4, 0.5) is 8.39 Å². The Morgan fingerprint density at radius 2 is 2.38 bits per heavy atom. The lowest BCUT2D eigenvalue weighted by molar-refractivity contribution is 0.332. The van der Waals surface area contributed by atoms with Crippen molar-refractivity contribution >= 4 is 19.2 Å². The maximum Gasteiger partial charge on any atom is 0.496 e. The molecule has 0 aromatic heterocycles. The summed E-state index contributed by atoms with van der Waals surface area (Å²) in [4.78, 5) is 0. The molecule has 1 heterocycles. The Labute approximate surface area is 77.0 Å². The Morgan fingerprint density at radius 3 is 2.85 bits per heavy atom. The van der Waals surface area contributed by atoms with Crippen molar-refractivity contribution in [1.29, 1.82) is 0 Å². The summed E-state index contributed by atoms with van der Waals surface area (Å²) in [6.07, 6.45) is 1.56. The number of rotatable bonds is 3. The molecule has 2 atom stereocenters. The fourth-order valence-corrected chi connectivity index (χ4v) is 3.07. The third-order valence-electron chi connectivity index (χ3n) is 1.49. The zero-order valence-corrected chi connectivity index (χ0v) is 8.27. The highest BCUT2D eigenvalue weighted by atomic mass is 32.2. The van der Waals surface area contributed by atoms with Gasteiger partial charge in [0, 0.05) is 0 Å². The van der Waals surface area contributed by atoms with E-state index >= 15 is 0 Å². The van der Waals surface area contributed by atoms with Crippen LogP contribution in [0.1, 0.15) is 6.42 Å². The lowest BCUT2D eigenvalue weighted by Gasteiger charge is -2.15. The van der Waals surface area contributed by atoms with E-state index in [9.17, 15) is 17.2 Å². The first-order valence-corrected chi connectivity index (χ1v) is 5.89. The summed E-state index contributed by atoms with van der Waals surface area (Å²) in [7, 11) is -5.49. The fourth-order valence-electron chi connectivity index (χ4n) is 0.995. The predicted molar refractivity (Wildman–Crippen MR) is 44.4 cm³/mol. The molecule has 1 aliphatic rings. The molecule has 13 heavy (non-hydrogen) atoms. The van der Waals surface area contributed by atoms with Gasteiger partial charge in [0.25, 0.3) is 0 Å². The second kappa shape index (κ2) is 3.96. The molecule has 0 saturated carbocycles. The summed E-state index contributed by atoms with van der Waals surface area (Å²) in [6.45, 7) is 3.24. The SMILES string of the molecule is C=CCC1COS(=O)N1P(=O)(F)F. The monoisotopic (exact) mass is 231 g/mol. The molecule has 0 amide bonds. The van der Waals surface area contributed by atoms with Gasteiger partial charge in [-0.2, -0.15) is 0 Å². The van der Waals surface area contributed by atoms with Crippen LogP contribution >= 0.6 is 7.91 Å². The van der Waals surface area contributed by atoms with Crippen molar-refractivity contribution in [3.63, 3.8) is 0 Å². The van der Waals surface area contributed by atoms with E-state index in [1.54, 1.807) is 0 Å². The molecule has 0 spiro atoms. The minimum Gasteiger partial charge on any atom is -0.276 e. The van der Waals surface area contributed by atoms with Gasteiger partial charge in [0.2, 0.25) is 11.3 Å². The quantitative estimate of drug-likeness (QED) is 0.550. The van der Waals surface area contributed by atoms with E-state index in [2.05, 4.69) is 10.8 Å². The van der Waals surface area contributed by atoms with E-state index < -0.39 is 25.2 Å². The molecule has 76 valence electrons. The molecule has 2 unspecified atom stereocenters. The second-order valence-corrected chi connectivity index (χ2v) is 5.05. The number of hydrogen-bond acceptors (Lipinski definition) is 3. The lowest BCUT2D eigenvalue weighted by Crippen LogP contribution is -2.25. The molecule has 0 radical (unpaired) electrons. The summed E-state index contributed by atoms with van der Waals surface area (Å²) in [6, 6.07) is -0.806. The van der Waals surface area contributed by atoms with Gasteiger partial charge in [0.1, 0.15) is 0 Å². The topological polar surface area (TPSA) is 46.6 Å². The van der Waals surface area contributed by atoms with Gasteiger partial charge in [-0.3, -0.25) is 4.18 Å². The van der Waals surface area contributed by atoms with Crippen LogP contribution in [0.3, 0.4) is 0 Å². The molecule has 1 fully saturated rings. The van der Waals surface area contributed by atoms with Gasteiger partial charge in [0.15, 0.2) is 0 Å². The Bertz CT molecular complexity index is 281. The summed E-state index contributed by atoms with van der Waals surface area (Å²) in [5.41, 5.74) is 0. The fraction of sp³-hybridized carbons (Fsp3) is 0.600. The van der Waals surface area contributed by atoms with Crippen LogP contribution in [0.5, 0.6) is 0 Å². The molecule has 4 nitrogen and oxygen atoms in total. The van der Waals surface area contributed by atoms with Crippen LogP contribution in [0, 0.1) is 0 Å². The van der Waals surface area contributed by atoms with E-state index in [-0.39, 0.29) is 17.1 Å². The number of nitrogens with zero attached hydrogens (tertiary/aromatic N) is 1. The molecule has 1 aliphatic heterocycles. The summed E-state index contributed by atoms with van der Waals surface area (Å²) < 4.78 is 50.7. The van der Waals surface area contributed by atoms with Gasteiger partial charge in [-0.25, -0.2) is 8.77 Å². The first kappa shape index (κ1) is 11.0. The van der Waals surface area contributed by atoms with Crippen LogP contribution in [0.15, 0.2) is 12.7 Å². The Balaban J connectivity index is 2.83. The summed E-state index contributed by atoms with van der Waals surface area (Å²) in [5, 5.41) is 0. The zero-order chi connectivity index (χ0) is 10.1. The van der Waals surface area contributed by atoms with Crippen molar-refractivity contribution in [2.45, 2.75) is 12.5 Å². The maximum atomic E-state index is 12.4. The zero-order valence-electron chi connectivity index (χ0n) is 6.56. The van der Waals surface area contributed by atoms with Gasteiger partial charge >= 0.3 is 7.91 Å². The molecule has 0 N–H and O–H groups in total. The Morgan fingerprint density at radius 1 is 1.77 bits per heavy atom. The number of hydrogen-bond donors (Lipinski definition) is 0. The molecule has 1 rings (SSSR count). The predicted octanol–water partition coefficient (Wildman–Crippen LogP) is 1.89. The van der Waals surface area contributed by atoms with Gasteiger partial charge in [-0.15, -0.1) is 15.0 Å². The van der Waals surface area contributed by atoms with E-state index in [1.807, 2.05) is 0 Å². The number of halogens is 2. The highest BCUT2D eigenvalue weighted by Crippen LogP contribution is 2.57. The van der Waals surface area contributed by atoms with E-state index in [0.29, 0.717) is 0 Å². The Kier molecular flexibility index (Phi) is 3.34. The summed E-state index contributed by atoms with van der Waals surface area (Å²) >= 11 is -2.29. The molecular weight excluding hydrogens is 223 g/mol. The van der Waals surface area contributed by atoms with Crippen molar-refractivity contribution in [3.05, 3.63) is 12.7 Å². The standard InChI is InChI=1S/C5H8F2NO3PS/c1-2-3-5-4-11-13(10)8(5)12(6,7)9/h2,5H,1,3-4H2. The van der Waals surface area contributed by atoms with Crippen LogP contribution in [0.2, 0.25) is 0 Å². The first-order chi connectivity index (χ1) is 5.96. The van der Waals surface area contributed by atoms with E-state index in [0.717, 1.165) is 0 Å². The molecule has 1 saturated heterocycles. The lowest BCUT2D eigenvalue weighted by atomic mass is 10.2. The highest BCUT2D eigenvalue weighted by Gasteiger charge is 2.46. The van der Waals surface area contributed by atoms with Gasteiger partial charge in [0.05, 0.1) is 12.6 Å². The van der Waals surface area contributed by atoms with E-state index in [1.165, 1.54) is 6.08 Å². The minimum atomic E-state index is -5.49. The van der Waals surface area contributed by atoms with Crippen molar-refractivity contribution < 1.29 is 21.4 Å². The third-order valence-corrected chi connectivity index (χ3v) is 4.19.